The molecule has 2 rings (SSSR count). The highest BCUT2D eigenvalue weighted by molar-refractivity contribution is 5.96. The maximum atomic E-state index is 12.0. The van der Waals surface area contributed by atoms with Gasteiger partial charge in [0.25, 0.3) is 5.91 Å². The van der Waals surface area contributed by atoms with Crippen molar-refractivity contribution in [3.63, 3.8) is 0 Å². The van der Waals surface area contributed by atoms with Crippen LogP contribution in [-0.4, -0.2) is 33.7 Å². The SMILES string of the molecule is Cc1[nH]nc(C(=O)NC[C@@H](C)Oc2ccccc2)c1[N+](=O)[O-]. The Bertz CT molecular complexity index is 669. The summed E-state index contributed by atoms with van der Waals surface area (Å²) in [6.07, 6.45) is -0.287. The average molecular weight is 304 g/mol. The Balaban J connectivity index is 1.94. The molecule has 0 radical (unpaired) electrons. The Morgan fingerprint density at radius 1 is 1.45 bits per heavy atom. The van der Waals surface area contributed by atoms with E-state index in [1.165, 1.54) is 6.92 Å². The second-order valence-corrected chi connectivity index (χ2v) is 4.75. The van der Waals surface area contributed by atoms with E-state index >= 15 is 0 Å². The lowest BCUT2D eigenvalue weighted by Gasteiger charge is -2.14. The third kappa shape index (κ3) is 3.60. The Labute approximate surface area is 126 Å². The van der Waals surface area contributed by atoms with Crippen molar-refractivity contribution >= 4 is 11.6 Å². The van der Waals surface area contributed by atoms with Crippen LogP contribution in [-0.2, 0) is 0 Å². The number of aromatic nitrogens is 2. The van der Waals surface area contributed by atoms with Crippen molar-refractivity contribution in [2.75, 3.05) is 6.54 Å². The van der Waals surface area contributed by atoms with Crippen molar-refractivity contribution in [2.45, 2.75) is 20.0 Å². The summed E-state index contributed by atoms with van der Waals surface area (Å²) in [5, 5.41) is 19.6. The zero-order valence-electron chi connectivity index (χ0n) is 12.2. The van der Waals surface area contributed by atoms with E-state index in [2.05, 4.69) is 15.5 Å². The molecule has 8 heteroatoms. The number of amides is 1. The van der Waals surface area contributed by atoms with Crippen LogP contribution in [0.25, 0.3) is 0 Å². The van der Waals surface area contributed by atoms with Crippen molar-refractivity contribution in [3.8, 4) is 5.75 Å². The van der Waals surface area contributed by atoms with Crippen LogP contribution in [0.2, 0.25) is 0 Å². The molecule has 0 aliphatic heterocycles. The number of H-pyrrole nitrogens is 1. The van der Waals surface area contributed by atoms with Gasteiger partial charge in [0.15, 0.2) is 0 Å². The molecule has 0 unspecified atom stereocenters. The molecular weight excluding hydrogens is 288 g/mol. The van der Waals surface area contributed by atoms with E-state index in [0.717, 1.165) is 0 Å². The first-order chi connectivity index (χ1) is 10.5. The third-order valence-corrected chi connectivity index (χ3v) is 2.94. The standard InChI is InChI=1S/C14H16N4O4/c1-9(22-11-6-4-3-5-7-11)8-15-14(19)12-13(18(20)21)10(2)16-17-12/h3-7,9H,8H2,1-2H3,(H,15,19)(H,16,17)/t9-/m1/s1. The Morgan fingerprint density at radius 3 is 2.77 bits per heavy atom. The molecule has 22 heavy (non-hydrogen) atoms. The quantitative estimate of drug-likeness (QED) is 0.625. The molecule has 1 atom stereocenters. The van der Waals surface area contributed by atoms with Gasteiger partial charge in [-0.1, -0.05) is 18.2 Å². The molecular formula is C14H16N4O4. The molecule has 0 saturated heterocycles. The largest absolute Gasteiger partial charge is 0.489 e. The zero-order chi connectivity index (χ0) is 16.1. The molecule has 0 aliphatic carbocycles. The first kappa shape index (κ1) is 15.5. The number of rotatable bonds is 6. The minimum Gasteiger partial charge on any atom is -0.489 e. The Kier molecular flexibility index (Phi) is 4.72. The number of para-hydroxylation sites is 1. The molecule has 0 fully saturated rings. The first-order valence-corrected chi connectivity index (χ1v) is 6.68. The molecule has 2 N–H and O–H groups in total. The molecule has 1 heterocycles. The van der Waals surface area contributed by atoms with Gasteiger partial charge < -0.3 is 10.1 Å². The highest BCUT2D eigenvalue weighted by Crippen LogP contribution is 2.19. The van der Waals surface area contributed by atoms with E-state index in [0.29, 0.717) is 5.75 Å². The summed E-state index contributed by atoms with van der Waals surface area (Å²) >= 11 is 0. The van der Waals surface area contributed by atoms with Crippen LogP contribution in [0.3, 0.4) is 0 Å². The van der Waals surface area contributed by atoms with Crippen LogP contribution in [0.4, 0.5) is 5.69 Å². The summed E-state index contributed by atoms with van der Waals surface area (Å²) < 4.78 is 5.61. The lowest BCUT2D eigenvalue weighted by atomic mass is 10.3. The van der Waals surface area contributed by atoms with Gasteiger partial charge in [-0.25, -0.2) is 0 Å². The summed E-state index contributed by atoms with van der Waals surface area (Å²) in [5.41, 5.74) is -0.299. The topological polar surface area (TPSA) is 110 Å². The number of carbonyl (C=O) groups excluding carboxylic acids is 1. The fourth-order valence-corrected chi connectivity index (χ4v) is 1.90. The van der Waals surface area contributed by atoms with Crippen LogP contribution in [0.15, 0.2) is 30.3 Å². The molecule has 0 saturated carbocycles. The number of nitro groups is 1. The number of aromatic amines is 1. The summed E-state index contributed by atoms with van der Waals surface area (Å²) in [4.78, 5) is 22.3. The number of hydrogen-bond donors (Lipinski definition) is 2. The van der Waals surface area contributed by atoms with Crippen molar-refractivity contribution in [2.24, 2.45) is 0 Å². The van der Waals surface area contributed by atoms with Gasteiger partial charge in [-0.05, 0) is 26.0 Å². The predicted octanol–water partition coefficient (Wildman–Crippen LogP) is 1.82. The van der Waals surface area contributed by atoms with Crippen LogP contribution in [0.1, 0.15) is 23.1 Å². The second-order valence-electron chi connectivity index (χ2n) is 4.75. The number of benzene rings is 1. The van der Waals surface area contributed by atoms with Crippen LogP contribution in [0, 0.1) is 17.0 Å². The zero-order valence-corrected chi connectivity index (χ0v) is 12.2. The molecule has 2 aromatic rings. The van der Waals surface area contributed by atoms with E-state index in [1.807, 2.05) is 18.2 Å². The maximum Gasteiger partial charge on any atom is 0.322 e. The van der Waals surface area contributed by atoms with Gasteiger partial charge in [0, 0.05) is 0 Å². The molecule has 1 amide bonds. The normalized spacial score (nSPS) is 11.7. The Morgan fingerprint density at radius 2 is 2.14 bits per heavy atom. The average Bonchev–Trinajstić information content (AvgIpc) is 2.88. The lowest BCUT2D eigenvalue weighted by molar-refractivity contribution is -0.385. The predicted molar refractivity (Wildman–Crippen MR) is 78.8 cm³/mol. The fourth-order valence-electron chi connectivity index (χ4n) is 1.90. The monoisotopic (exact) mass is 304 g/mol. The van der Waals surface area contributed by atoms with E-state index in [4.69, 9.17) is 4.74 Å². The van der Waals surface area contributed by atoms with Crippen molar-refractivity contribution in [1.82, 2.24) is 15.5 Å². The number of nitrogens with one attached hydrogen (secondary N) is 2. The molecule has 0 spiro atoms. The minimum absolute atomic E-state index is 0.205. The van der Waals surface area contributed by atoms with Crippen LogP contribution in [0.5, 0.6) is 5.75 Å². The number of aryl methyl sites for hydroxylation is 1. The van der Waals surface area contributed by atoms with E-state index in [1.54, 1.807) is 19.1 Å². The molecule has 1 aromatic heterocycles. The third-order valence-electron chi connectivity index (χ3n) is 2.94. The van der Waals surface area contributed by atoms with Crippen LogP contribution >= 0.6 is 0 Å². The number of nitrogens with zero attached hydrogens (tertiary/aromatic N) is 2. The highest BCUT2D eigenvalue weighted by atomic mass is 16.6. The maximum absolute atomic E-state index is 12.0. The van der Waals surface area contributed by atoms with Crippen molar-refractivity contribution < 1.29 is 14.5 Å². The van der Waals surface area contributed by atoms with Gasteiger partial charge >= 0.3 is 5.69 Å². The molecule has 0 aliphatic rings. The van der Waals surface area contributed by atoms with Gasteiger partial charge in [0.05, 0.1) is 11.5 Å². The fraction of sp³-hybridized carbons (Fsp3) is 0.286. The summed E-state index contributed by atoms with van der Waals surface area (Å²) in [7, 11) is 0. The van der Waals surface area contributed by atoms with Gasteiger partial charge in [-0.15, -0.1) is 0 Å². The molecule has 0 bridgehead atoms. The molecule has 1 aromatic carbocycles. The van der Waals surface area contributed by atoms with Crippen LogP contribution < -0.4 is 10.1 Å². The van der Waals surface area contributed by atoms with E-state index < -0.39 is 10.8 Å². The van der Waals surface area contributed by atoms with Crippen molar-refractivity contribution in [1.29, 1.82) is 0 Å². The minimum atomic E-state index is -0.627. The second kappa shape index (κ2) is 6.70. The molecule has 116 valence electrons. The first-order valence-electron chi connectivity index (χ1n) is 6.68. The van der Waals surface area contributed by atoms with Gasteiger partial charge in [-0.2, -0.15) is 5.10 Å². The van der Waals surface area contributed by atoms with Gasteiger partial charge in [0.1, 0.15) is 17.5 Å². The van der Waals surface area contributed by atoms with Gasteiger partial charge in [-0.3, -0.25) is 20.0 Å². The summed E-state index contributed by atoms with van der Waals surface area (Å²) in [5.74, 6) is 0.0744. The van der Waals surface area contributed by atoms with E-state index in [-0.39, 0.29) is 29.7 Å². The number of ether oxygens (including phenoxy) is 1. The molecule has 8 nitrogen and oxygen atoms in total. The number of carbonyl (C=O) groups is 1. The van der Waals surface area contributed by atoms with Crippen molar-refractivity contribution in [3.05, 3.63) is 51.8 Å². The number of hydrogen-bond acceptors (Lipinski definition) is 5. The summed E-state index contributed by atoms with van der Waals surface area (Å²) in [6.45, 7) is 3.48. The van der Waals surface area contributed by atoms with E-state index in [9.17, 15) is 14.9 Å². The van der Waals surface area contributed by atoms with Gasteiger partial charge in [0.2, 0.25) is 5.69 Å². The summed E-state index contributed by atoms with van der Waals surface area (Å²) in [6, 6.07) is 9.17. The smallest absolute Gasteiger partial charge is 0.322 e. The highest BCUT2D eigenvalue weighted by Gasteiger charge is 2.27. The lowest BCUT2D eigenvalue weighted by Crippen LogP contribution is -2.34. The Hall–Kier alpha value is -2.90.